The number of nitrogens with zero attached hydrogens (tertiary/aromatic N) is 4. The first-order valence-electron chi connectivity index (χ1n) is 7.24. The number of anilines is 2. The lowest BCUT2D eigenvalue weighted by molar-refractivity contribution is 0.280. The number of nitrogen functional groups attached to an aromatic ring is 1. The Morgan fingerprint density at radius 3 is 2.52 bits per heavy atom. The molecule has 1 fully saturated rings. The van der Waals surface area contributed by atoms with Crippen LogP contribution in [0.15, 0.2) is 30.3 Å². The molecule has 2 aromatic rings. The minimum atomic E-state index is 0.202. The first-order chi connectivity index (χ1) is 10.3. The minimum Gasteiger partial charge on any atom is -0.458 e. The van der Waals surface area contributed by atoms with Gasteiger partial charge in [-0.3, -0.25) is 0 Å². The van der Waals surface area contributed by atoms with Crippen LogP contribution in [0.5, 0.6) is 6.01 Å². The van der Waals surface area contributed by atoms with E-state index >= 15 is 0 Å². The van der Waals surface area contributed by atoms with E-state index in [1.807, 2.05) is 30.3 Å². The second-order valence-corrected chi connectivity index (χ2v) is 5.10. The molecule has 0 saturated carbocycles. The number of hydrogen-bond acceptors (Lipinski definition) is 6. The summed E-state index contributed by atoms with van der Waals surface area (Å²) in [7, 11) is 0. The van der Waals surface area contributed by atoms with Crippen LogP contribution in [0.3, 0.4) is 0 Å². The molecule has 21 heavy (non-hydrogen) atoms. The van der Waals surface area contributed by atoms with Gasteiger partial charge < -0.3 is 15.4 Å². The number of ether oxygens (including phenoxy) is 1. The number of benzene rings is 1. The lowest BCUT2D eigenvalue weighted by Crippen LogP contribution is -2.31. The van der Waals surface area contributed by atoms with Crippen molar-refractivity contribution in [2.24, 2.45) is 0 Å². The maximum Gasteiger partial charge on any atom is 0.323 e. The van der Waals surface area contributed by atoms with Crippen molar-refractivity contribution in [3.63, 3.8) is 0 Å². The SMILES string of the molecule is Nc1nc(OCc2ccccc2)nc(N2CCCCC2)n1. The van der Waals surface area contributed by atoms with Crippen LogP contribution in [-0.4, -0.2) is 28.0 Å². The Bertz CT molecular complexity index is 584. The van der Waals surface area contributed by atoms with Crippen molar-refractivity contribution in [2.45, 2.75) is 25.9 Å². The minimum absolute atomic E-state index is 0.202. The molecule has 6 heteroatoms. The zero-order valence-corrected chi connectivity index (χ0v) is 11.9. The molecule has 0 bridgehead atoms. The van der Waals surface area contributed by atoms with Gasteiger partial charge in [-0.15, -0.1) is 0 Å². The third-order valence-electron chi connectivity index (χ3n) is 3.47. The lowest BCUT2D eigenvalue weighted by atomic mass is 10.1. The van der Waals surface area contributed by atoms with Crippen LogP contribution in [0.2, 0.25) is 0 Å². The van der Waals surface area contributed by atoms with Gasteiger partial charge in [0.1, 0.15) is 6.61 Å². The second-order valence-electron chi connectivity index (χ2n) is 5.10. The van der Waals surface area contributed by atoms with E-state index in [4.69, 9.17) is 10.5 Å². The molecule has 1 aromatic heterocycles. The van der Waals surface area contributed by atoms with Gasteiger partial charge in [0.25, 0.3) is 0 Å². The van der Waals surface area contributed by atoms with Crippen LogP contribution in [-0.2, 0) is 6.61 Å². The predicted octanol–water partition coefficient (Wildman–Crippen LogP) is 2.02. The van der Waals surface area contributed by atoms with Gasteiger partial charge in [0, 0.05) is 13.1 Å². The van der Waals surface area contributed by atoms with E-state index < -0.39 is 0 Å². The van der Waals surface area contributed by atoms with E-state index in [1.165, 1.54) is 6.42 Å². The molecule has 110 valence electrons. The highest BCUT2D eigenvalue weighted by atomic mass is 16.5. The topological polar surface area (TPSA) is 77.2 Å². The van der Waals surface area contributed by atoms with Crippen LogP contribution in [0, 0.1) is 0 Å². The van der Waals surface area contributed by atoms with Crippen molar-refractivity contribution in [3.8, 4) is 6.01 Å². The number of piperidine rings is 1. The van der Waals surface area contributed by atoms with E-state index in [-0.39, 0.29) is 12.0 Å². The average Bonchev–Trinajstić information content (AvgIpc) is 2.54. The summed E-state index contributed by atoms with van der Waals surface area (Å²) < 4.78 is 5.64. The van der Waals surface area contributed by atoms with Gasteiger partial charge in [0.15, 0.2) is 0 Å². The molecular formula is C15H19N5O. The van der Waals surface area contributed by atoms with Crippen molar-refractivity contribution >= 4 is 11.9 Å². The maximum absolute atomic E-state index is 5.77. The van der Waals surface area contributed by atoms with Gasteiger partial charge >= 0.3 is 6.01 Å². The summed E-state index contributed by atoms with van der Waals surface area (Å²) in [5.41, 5.74) is 6.83. The van der Waals surface area contributed by atoms with Crippen molar-refractivity contribution in [1.29, 1.82) is 0 Å². The summed E-state index contributed by atoms with van der Waals surface area (Å²) in [6.45, 7) is 2.34. The Labute approximate surface area is 124 Å². The molecule has 1 aliphatic rings. The van der Waals surface area contributed by atoms with Gasteiger partial charge in [0.2, 0.25) is 11.9 Å². The fourth-order valence-corrected chi connectivity index (χ4v) is 2.38. The normalized spacial score (nSPS) is 15.0. The Kier molecular flexibility index (Phi) is 4.14. The highest BCUT2D eigenvalue weighted by molar-refractivity contribution is 5.36. The van der Waals surface area contributed by atoms with Crippen molar-refractivity contribution in [1.82, 2.24) is 15.0 Å². The Balaban J connectivity index is 1.71. The molecule has 6 nitrogen and oxygen atoms in total. The van der Waals surface area contributed by atoms with Gasteiger partial charge in [-0.1, -0.05) is 30.3 Å². The largest absolute Gasteiger partial charge is 0.458 e. The molecule has 0 atom stereocenters. The molecular weight excluding hydrogens is 266 g/mol. The number of nitrogens with two attached hydrogens (primary N) is 1. The quantitative estimate of drug-likeness (QED) is 0.926. The Morgan fingerprint density at radius 1 is 1.00 bits per heavy atom. The van der Waals surface area contributed by atoms with E-state index in [2.05, 4.69) is 19.9 Å². The molecule has 1 aromatic carbocycles. The molecule has 3 rings (SSSR count). The highest BCUT2D eigenvalue weighted by Gasteiger charge is 2.16. The third-order valence-corrected chi connectivity index (χ3v) is 3.47. The van der Waals surface area contributed by atoms with Crippen LogP contribution in [0.25, 0.3) is 0 Å². The zero-order valence-electron chi connectivity index (χ0n) is 11.9. The first kappa shape index (κ1) is 13.6. The molecule has 2 N–H and O–H groups in total. The van der Waals surface area contributed by atoms with E-state index in [1.54, 1.807) is 0 Å². The van der Waals surface area contributed by atoms with Crippen molar-refractivity contribution in [2.75, 3.05) is 23.7 Å². The molecule has 0 unspecified atom stereocenters. The van der Waals surface area contributed by atoms with Crippen LogP contribution >= 0.6 is 0 Å². The highest BCUT2D eigenvalue weighted by Crippen LogP contribution is 2.18. The van der Waals surface area contributed by atoms with Gasteiger partial charge in [-0.2, -0.15) is 15.0 Å². The van der Waals surface area contributed by atoms with Gasteiger partial charge in [-0.25, -0.2) is 0 Å². The van der Waals surface area contributed by atoms with E-state index in [9.17, 15) is 0 Å². The van der Waals surface area contributed by atoms with Crippen LogP contribution in [0.4, 0.5) is 11.9 Å². The van der Waals surface area contributed by atoms with Crippen LogP contribution in [0.1, 0.15) is 24.8 Å². The van der Waals surface area contributed by atoms with Crippen molar-refractivity contribution < 1.29 is 4.74 Å². The Hall–Kier alpha value is -2.37. The summed E-state index contributed by atoms with van der Waals surface area (Å²) in [5, 5.41) is 0. The lowest BCUT2D eigenvalue weighted by Gasteiger charge is -2.26. The number of rotatable bonds is 4. The monoisotopic (exact) mass is 285 g/mol. The molecule has 1 saturated heterocycles. The molecule has 0 radical (unpaired) electrons. The summed E-state index contributed by atoms with van der Waals surface area (Å²) in [6.07, 6.45) is 3.58. The summed E-state index contributed by atoms with van der Waals surface area (Å²) in [5.74, 6) is 0.818. The molecule has 1 aliphatic heterocycles. The standard InChI is InChI=1S/C15H19N5O/c16-13-17-14(20-9-5-2-6-10-20)19-15(18-13)21-11-12-7-3-1-4-8-12/h1,3-4,7-8H,2,5-6,9-11H2,(H2,16,17,18,19). The number of hydrogen-bond donors (Lipinski definition) is 1. The molecule has 2 heterocycles. The summed E-state index contributed by atoms with van der Waals surface area (Å²) in [4.78, 5) is 14.8. The van der Waals surface area contributed by atoms with Crippen molar-refractivity contribution in [3.05, 3.63) is 35.9 Å². The predicted molar refractivity (Wildman–Crippen MR) is 81.1 cm³/mol. The van der Waals surface area contributed by atoms with Crippen LogP contribution < -0.4 is 15.4 Å². The van der Waals surface area contributed by atoms with Gasteiger partial charge in [0.05, 0.1) is 0 Å². The molecule has 0 amide bonds. The first-order valence-corrected chi connectivity index (χ1v) is 7.24. The maximum atomic E-state index is 5.77. The Morgan fingerprint density at radius 2 is 1.76 bits per heavy atom. The molecule has 0 aliphatic carbocycles. The summed E-state index contributed by atoms with van der Waals surface area (Å²) >= 11 is 0. The average molecular weight is 285 g/mol. The smallest absolute Gasteiger partial charge is 0.323 e. The second kappa shape index (κ2) is 6.39. The summed E-state index contributed by atoms with van der Waals surface area (Å²) in [6, 6.07) is 10.2. The number of aromatic nitrogens is 3. The van der Waals surface area contributed by atoms with E-state index in [0.717, 1.165) is 31.5 Å². The fraction of sp³-hybridized carbons (Fsp3) is 0.400. The zero-order chi connectivity index (χ0) is 14.5. The third kappa shape index (κ3) is 3.59. The van der Waals surface area contributed by atoms with E-state index in [0.29, 0.717) is 12.6 Å². The fourth-order valence-electron chi connectivity index (χ4n) is 2.38. The van der Waals surface area contributed by atoms with Gasteiger partial charge in [-0.05, 0) is 24.8 Å². The molecule has 0 spiro atoms.